The number of nitrogens with one attached hydrogen (secondary N) is 2. The van der Waals surface area contributed by atoms with E-state index >= 15 is 0 Å². The fourth-order valence-electron chi connectivity index (χ4n) is 2.81. The Morgan fingerprint density at radius 1 is 1.00 bits per heavy atom. The number of likely N-dealkylation sites (tertiary alicyclic amines) is 1. The largest absolute Gasteiger partial charge is 0.476 e. The lowest BCUT2D eigenvalue weighted by Gasteiger charge is -2.32. The molecule has 1 aliphatic rings. The molecule has 3 amide bonds. The quantitative estimate of drug-likeness (QED) is 0.752. The Kier molecular flexibility index (Phi) is 5.60. The summed E-state index contributed by atoms with van der Waals surface area (Å²) in [5, 5.41) is 14.5. The molecule has 1 aromatic heterocycles. The SMILES string of the molecule is O=C(Nc1ccccc1)NC1CCN(C(=O)c2cnc(C(=O)O)cn2)CC1. The molecule has 1 saturated heterocycles. The van der Waals surface area contributed by atoms with E-state index in [-0.39, 0.29) is 29.4 Å². The highest BCUT2D eigenvalue weighted by Gasteiger charge is 2.25. The number of aromatic carboxylic acids is 1. The minimum absolute atomic E-state index is 0.0294. The number of carboxylic acid groups (broad SMARTS) is 1. The van der Waals surface area contributed by atoms with Crippen LogP contribution in [0.15, 0.2) is 42.7 Å². The molecule has 0 bridgehead atoms. The Labute approximate surface area is 155 Å². The van der Waals surface area contributed by atoms with E-state index in [4.69, 9.17) is 5.11 Å². The molecule has 140 valence electrons. The van der Waals surface area contributed by atoms with E-state index in [1.54, 1.807) is 17.0 Å². The third-order valence-corrected chi connectivity index (χ3v) is 4.24. The highest BCUT2D eigenvalue weighted by atomic mass is 16.4. The van der Waals surface area contributed by atoms with Crippen molar-refractivity contribution in [2.45, 2.75) is 18.9 Å². The van der Waals surface area contributed by atoms with Gasteiger partial charge >= 0.3 is 12.0 Å². The molecule has 9 nitrogen and oxygen atoms in total. The first-order valence-corrected chi connectivity index (χ1v) is 8.50. The van der Waals surface area contributed by atoms with Crippen LogP contribution in [0.25, 0.3) is 0 Å². The highest BCUT2D eigenvalue weighted by molar-refractivity contribution is 5.93. The van der Waals surface area contributed by atoms with Gasteiger partial charge in [0.05, 0.1) is 12.4 Å². The van der Waals surface area contributed by atoms with Gasteiger partial charge in [0.2, 0.25) is 0 Å². The number of carboxylic acids is 1. The van der Waals surface area contributed by atoms with Gasteiger partial charge in [-0.2, -0.15) is 0 Å². The van der Waals surface area contributed by atoms with Crippen LogP contribution in [0.3, 0.4) is 0 Å². The monoisotopic (exact) mass is 369 g/mol. The zero-order valence-electron chi connectivity index (χ0n) is 14.5. The number of benzene rings is 1. The summed E-state index contributed by atoms with van der Waals surface area (Å²) in [6.07, 6.45) is 3.48. The van der Waals surface area contributed by atoms with Crippen LogP contribution in [0.5, 0.6) is 0 Å². The molecule has 1 aromatic carbocycles. The first kappa shape index (κ1) is 18.3. The van der Waals surface area contributed by atoms with Crippen molar-refractivity contribution in [2.24, 2.45) is 0 Å². The number of hydrogen-bond donors (Lipinski definition) is 3. The summed E-state index contributed by atoms with van der Waals surface area (Å²) in [6, 6.07) is 8.85. The fourth-order valence-corrected chi connectivity index (χ4v) is 2.81. The van der Waals surface area contributed by atoms with Gasteiger partial charge in [0, 0.05) is 24.8 Å². The maximum absolute atomic E-state index is 12.4. The van der Waals surface area contributed by atoms with E-state index in [0.29, 0.717) is 31.6 Å². The van der Waals surface area contributed by atoms with Crippen LogP contribution in [0.2, 0.25) is 0 Å². The van der Waals surface area contributed by atoms with Crippen molar-refractivity contribution in [3.8, 4) is 0 Å². The van der Waals surface area contributed by atoms with Crippen molar-refractivity contribution in [1.29, 1.82) is 0 Å². The molecule has 0 saturated carbocycles. The number of aromatic nitrogens is 2. The number of anilines is 1. The minimum Gasteiger partial charge on any atom is -0.476 e. The number of hydrogen-bond acceptors (Lipinski definition) is 5. The number of rotatable bonds is 4. The topological polar surface area (TPSA) is 125 Å². The Hall–Kier alpha value is -3.49. The summed E-state index contributed by atoms with van der Waals surface area (Å²) in [7, 11) is 0. The third kappa shape index (κ3) is 4.78. The summed E-state index contributed by atoms with van der Waals surface area (Å²) in [5.74, 6) is -1.49. The summed E-state index contributed by atoms with van der Waals surface area (Å²) in [4.78, 5) is 44.5. The van der Waals surface area contributed by atoms with Crippen LogP contribution in [0.4, 0.5) is 10.5 Å². The third-order valence-electron chi connectivity index (χ3n) is 4.24. The van der Waals surface area contributed by atoms with E-state index in [2.05, 4.69) is 20.6 Å². The van der Waals surface area contributed by atoms with E-state index in [1.165, 1.54) is 6.20 Å². The molecule has 1 fully saturated rings. The number of carbonyl (C=O) groups is 3. The normalized spacial score (nSPS) is 14.4. The molecular weight excluding hydrogens is 350 g/mol. The van der Waals surface area contributed by atoms with E-state index in [0.717, 1.165) is 6.20 Å². The molecule has 0 spiro atoms. The number of amides is 3. The van der Waals surface area contributed by atoms with Crippen LogP contribution < -0.4 is 10.6 Å². The fraction of sp³-hybridized carbons (Fsp3) is 0.278. The van der Waals surface area contributed by atoms with Gasteiger partial charge < -0.3 is 20.6 Å². The Morgan fingerprint density at radius 3 is 2.22 bits per heavy atom. The Morgan fingerprint density at radius 2 is 1.63 bits per heavy atom. The number of urea groups is 1. The van der Waals surface area contributed by atoms with Gasteiger partial charge in [-0.15, -0.1) is 0 Å². The van der Waals surface area contributed by atoms with Gasteiger partial charge in [0.15, 0.2) is 5.69 Å². The highest BCUT2D eigenvalue weighted by Crippen LogP contribution is 2.13. The van der Waals surface area contributed by atoms with Crippen molar-refractivity contribution in [2.75, 3.05) is 18.4 Å². The van der Waals surface area contributed by atoms with Crippen molar-refractivity contribution < 1.29 is 19.5 Å². The summed E-state index contributed by atoms with van der Waals surface area (Å²) in [5.41, 5.74) is 0.609. The molecule has 1 aliphatic heterocycles. The van der Waals surface area contributed by atoms with Crippen LogP contribution in [-0.4, -0.2) is 57.0 Å². The van der Waals surface area contributed by atoms with Crippen molar-refractivity contribution in [1.82, 2.24) is 20.2 Å². The molecule has 0 aliphatic carbocycles. The van der Waals surface area contributed by atoms with Gasteiger partial charge in [0.25, 0.3) is 5.91 Å². The lowest BCUT2D eigenvalue weighted by atomic mass is 10.0. The van der Waals surface area contributed by atoms with E-state index in [9.17, 15) is 14.4 Å². The lowest BCUT2D eigenvalue weighted by molar-refractivity contribution is 0.0677. The minimum atomic E-state index is -1.19. The van der Waals surface area contributed by atoms with Gasteiger partial charge in [-0.25, -0.2) is 19.6 Å². The molecular formula is C18H19N5O4. The standard InChI is InChI=1S/C18H19N5O4/c24-16(14-10-20-15(11-19-14)17(25)26)23-8-6-13(7-9-23)22-18(27)21-12-4-2-1-3-5-12/h1-5,10-11,13H,6-9H2,(H,25,26)(H2,21,22,27). The molecule has 0 radical (unpaired) electrons. The van der Waals surface area contributed by atoms with Gasteiger partial charge in [0.1, 0.15) is 5.69 Å². The van der Waals surface area contributed by atoms with E-state index < -0.39 is 5.97 Å². The lowest BCUT2D eigenvalue weighted by Crippen LogP contribution is -2.47. The van der Waals surface area contributed by atoms with Gasteiger partial charge in [-0.3, -0.25) is 4.79 Å². The van der Waals surface area contributed by atoms with Crippen molar-refractivity contribution >= 4 is 23.6 Å². The predicted molar refractivity (Wildman–Crippen MR) is 96.5 cm³/mol. The molecule has 2 heterocycles. The Bertz CT molecular complexity index is 817. The van der Waals surface area contributed by atoms with Crippen LogP contribution in [0.1, 0.15) is 33.8 Å². The maximum atomic E-state index is 12.4. The first-order valence-electron chi connectivity index (χ1n) is 8.50. The second-order valence-corrected chi connectivity index (χ2v) is 6.12. The number of piperidine rings is 1. The first-order chi connectivity index (χ1) is 13.0. The number of carbonyl (C=O) groups excluding carboxylic acids is 2. The smallest absolute Gasteiger partial charge is 0.356 e. The summed E-state index contributed by atoms with van der Waals surface area (Å²) in [6.45, 7) is 0.939. The van der Waals surface area contributed by atoms with E-state index in [1.807, 2.05) is 18.2 Å². The zero-order chi connectivity index (χ0) is 19.2. The van der Waals surface area contributed by atoms with Crippen LogP contribution >= 0.6 is 0 Å². The maximum Gasteiger partial charge on any atom is 0.356 e. The van der Waals surface area contributed by atoms with Crippen molar-refractivity contribution in [3.63, 3.8) is 0 Å². The average molecular weight is 369 g/mol. The molecule has 3 rings (SSSR count). The predicted octanol–water partition coefficient (Wildman–Crippen LogP) is 1.60. The molecule has 0 atom stereocenters. The Balaban J connectivity index is 1.48. The summed E-state index contributed by atoms with van der Waals surface area (Å²) >= 11 is 0. The molecule has 9 heteroatoms. The second kappa shape index (κ2) is 8.26. The van der Waals surface area contributed by atoms with Crippen molar-refractivity contribution in [3.05, 3.63) is 54.1 Å². The summed E-state index contributed by atoms with van der Waals surface area (Å²) < 4.78 is 0. The van der Waals surface area contributed by atoms with Gasteiger partial charge in [-0.05, 0) is 25.0 Å². The van der Waals surface area contributed by atoms with Crippen LogP contribution in [-0.2, 0) is 0 Å². The zero-order valence-corrected chi connectivity index (χ0v) is 14.5. The van der Waals surface area contributed by atoms with Gasteiger partial charge in [-0.1, -0.05) is 18.2 Å². The second-order valence-electron chi connectivity index (χ2n) is 6.12. The molecule has 2 aromatic rings. The molecule has 0 unspecified atom stereocenters. The molecule has 3 N–H and O–H groups in total. The number of para-hydroxylation sites is 1. The average Bonchev–Trinajstić information content (AvgIpc) is 2.69. The number of nitrogens with zero attached hydrogens (tertiary/aromatic N) is 3. The molecule has 27 heavy (non-hydrogen) atoms. The van der Waals surface area contributed by atoms with Crippen LogP contribution in [0, 0.1) is 0 Å².